The normalized spacial score (nSPS) is 27.1. The molecule has 0 saturated carbocycles. The Morgan fingerprint density at radius 3 is 2.96 bits per heavy atom. The number of aromatic nitrogens is 1. The molecule has 0 aliphatic carbocycles. The van der Waals surface area contributed by atoms with Crippen molar-refractivity contribution >= 4 is 5.97 Å². The van der Waals surface area contributed by atoms with Crippen LogP contribution in [0.5, 0.6) is 0 Å². The summed E-state index contributed by atoms with van der Waals surface area (Å²) >= 11 is 0. The van der Waals surface area contributed by atoms with E-state index in [1.807, 2.05) is 30.3 Å². The Labute approximate surface area is 140 Å². The van der Waals surface area contributed by atoms with Crippen LogP contribution in [-0.4, -0.2) is 47.3 Å². The molecule has 1 aromatic heterocycles. The summed E-state index contributed by atoms with van der Waals surface area (Å²) in [5, 5.41) is 9.72. The molecule has 4 rings (SSSR count). The van der Waals surface area contributed by atoms with Crippen LogP contribution < -0.4 is 0 Å². The van der Waals surface area contributed by atoms with Gasteiger partial charge in [0.2, 0.25) is 5.89 Å². The lowest BCUT2D eigenvalue weighted by molar-refractivity contribution is -0.157. The van der Waals surface area contributed by atoms with Crippen LogP contribution in [0.1, 0.15) is 12.1 Å². The largest absolute Gasteiger partial charge is 0.481 e. The van der Waals surface area contributed by atoms with Crippen LogP contribution in [0.4, 0.5) is 0 Å². The number of oxazole rings is 1. The van der Waals surface area contributed by atoms with Crippen LogP contribution in [0, 0.1) is 11.3 Å². The predicted molar refractivity (Wildman–Crippen MR) is 86.2 cm³/mol. The number of carboxylic acid groups (broad SMARTS) is 1. The number of hydrogen-bond acceptors (Lipinski definition) is 5. The van der Waals surface area contributed by atoms with Gasteiger partial charge in [-0.2, -0.15) is 0 Å². The maximum Gasteiger partial charge on any atom is 0.311 e. The summed E-state index contributed by atoms with van der Waals surface area (Å²) in [6.07, 6.45) is 2.24. The van der Waals surface area contributed by atoms with E-state index >= 15 is 0 Å². The summed E-state index contributed by atoms with van der Waals surface area (Å²) in [5.74, 6) is -0.0637. The number of benzene rings is 1. The van der Waals surface area contributed by atoms with E-state index in [1.54, 1.807) is 6.26 Å². The Balaban J connectivity index is 1.49. The first-order chi connectivity index (χ1) is 11.7. The standard InChI is InChI=1S/C18H20N2O4/c21-17(22)18-6-7-23-10-14(18)8-20(12-18)9-15-11-24-16(19-15)13-4-2-1-3-5-13/h1-5,11,14H,6-10,12H2,(H,21,22)/t14-,18+/m1/s1. The number of carboxylic acids is 1. The molecular formula is C18H20N2O4. The van der Waals surface area contributed by atoms with E-state index in [-0.39, 0.29) is 5.92 Å². The van der Waals surface area contributed by atoms with Gasteiger partial charge in [0.1, 0.15) is 6.26 Å². The third-order valence-corrected chi connectivity index (χ3v) is 5.16. The van der Waals surface area contributed by atoms with Gasteiger partial charge in [0.15, 0.2) is 0 Å². The van der Waals surface area contributed by atoms with Crippen molar-refractivity contribution in [1.82, 2.24) is 9.88 Å². The third kappa shape index (κ3) is 2.61. The molecule has 1 aromatic carbocycles. The minimum Gasteiger partial charge on any atom is -0.481 e. The van der Waals surface area contributed by atoms with Crippen molar-refractivity contribution in [3.05, 3.63) is 42.3 Å². The Bertz CT molecular complexity index is 730. The van der Waals surface area contributed by atoms with Gasteiger partial charge in [-0.25, -0.2) is 4.98 Å². The first-order valence-corrected chi connectivity index (χ1v) is 8.21. The van der Waals surface area contributed by atoms with Gasteiger partial charge in [-0.3, -0.25) is 9.69 Å². The van der Waals surface area contributed by atoms with E-state index in [2.05, 4.69) is 9.88 Å². The number of rotatable bonds is 4. The van der Waals surface area contributed by atoms with Crippen LogP contribution >= 0.6 is 0 Å². The fourth-order valence-electron chi connectivity index (χ4n) is 3.85. The average molecular weight is 328 g/mol. The fourth-order valence-corrected chi connectivity index (χ4v) is 3.85. The first-order valence-electron chi connectivity index (χ1n) is 8.21. The second-order valence-electron chi connectivity index (χ2n) is 6.66. The lowest BCUT2D eigenvalue weighted by Crippen LogP contribution is -2.44. The number of likely N-dealkylation sites (tertiary alicyclic amines) is 1. The van der Waals surface area contributed by atoms with Gasteiger partial charge in [-0.05, 0) is 18.6 Å². The highest BCUT2D eigenvalue weighted by Gasteiger charge is 2.53. The molecule has 0 amide bonds. The fraction of sp³-hybridized carbons (Fsp3) is 0.444. The summed E-state index contributed by atoms with van der Waals surface area (Å²) in [5.41, 5.74) is 1.09. The molecule has 3 heterocycles. The molecule has 126 valence electrons. The Hall–Kier alpha value is -2.18. The lowest BCUT2D eigenvalue weighted by atomic mass is 9.74. The van der Waals surface area contributed by atoms with E-state index in [9.17, 15) is 9.90 Å². The van der Waals surface area contributed by atoms with Crippen LogP contribution in [-0.2, 0) is 16.1 Å². The molecule has 6 nitrogen and oxygen atoms in total. The number of fused-ring (bicyclic) bond motifs is 1. The van der Waals surface area contributed by atoms with E-state index in [0.29, 0.717) is 38.6 Å². The topological polar surface area (TPSA) is 75.8 Å². The molecule has 6 heteroatoms. The maximum atomic E-state index is 11.8. The highest BCUT2D eigenvalue weighted by molar-refractivity contribution is 5.76. The molecule has 2 atom stereocenters. The van der Waals surface area contributed by atoms with Gasteiger partial charge in [0, 0.05) is 37.7 Å². The van der Waals surface area contributed by atoms with Crippen LogP contribution in [0.25, 0.3) is 11.5 Å². The lowest BCUT2D eigenvalue weighted by Gasteiger charge is -2.34. The molecule has 0 unspecified atom stereocenters. The quantitative estimate of drug-likeness (QED) is 0.928. The van der Waals surface area contributed by atoms with Crippen molar-refractivity contribution in [2.45, 2.75) is 13.0 Å². The summed E-state index contributed by atoms with van der Waals surface area (Å²) in [4.78, 5) is 18.5. The maximum absolute atomic E-state index is 11.8. The first kappa shape index (κ1) is 15.4. The van der Waals surface area contributed by atoms with Gasteiger partial charge in [-0.1, -0.05) is 18.2 Å². The molecule has 2 aliphatic heterocycles. The van der Waals surface area contributed by atoms with Gasteiger partial charge in [0.25, 0.3) is 0 Å². The van der Waals surface area contributed by atoms with E-state index in [1.165, 1.54) is 0 Å². The number of nitrogens with zero attached hydrogens (tertiary/aromatic N) is 2. The molecule has 2 aliphatic rings. The number of carbonyl (C=O) groups is 1. The van der Waals surface area contributed by atoms with Gasteiger partial charge >= 0.3 is 5.97 Å². The van der Waals surface area contributed by atoms with Crippen molar-refractivity contribution in [3.63, 3.8) is 0 Å². The number of ether oxygens (including phenoxy) is 1. The van der Waals surface area contributed by atoms with E-state index < -0.39 is 11.4 Å². The monoisotopic (exact) mass is 328 g/mol. The molecule has 2 saturated heterocycles. The predicted octanol–water partition coefficient (Wildman–Crippen LogP) is 2.26. The van der Waals surface area contributed by atoms with Crippen LogP contribution in [0.3, 0.4) is 0 Å². The second-order valence-corrected chi connectivity index (χ2v) is 6.66. The van der Waals surface area contributed by atoms with Gasteiger partial charge in [-0.15, -0.1) is 0 Å². The van der Waals surface area contributed by atoms with Gasteiger partial charge in [0.05, 0.1) is 17.7 Å². The molecule has 0 bridgehead atoms. The minimum atomic E-state index is -0.705. The Kier molecular flexibility index (Phi) is 3.86. The smallest absolute Gasteiger partial charge is 0.311 e. The molecule has 0 radical (unpaired) electrons. The van der Waals surface area contributed by atoms with Gasteiger partial charge < -0.3 is 14.3 Å². The molecule has 24 heavy (non-hydrogen) atoms. The van der Waals surface area contributed by atoms with Crippen molar-refractivity contribution in [2.24, 2.45) is 11.3 Å². The SMILES string of the molecule is O=C(O)[C@]12CCOC[C@H]1CN(Cc1coc(-c3ccccc3)n1)C2. The summed E-state index contributed by atoms with van der Waals surface area (Å²) in [6.45, 7) is 2.92. The van der Waals surface area contributed by atoms with Crippen molar-refractivity contribution in [2.75, 3.05) is 26.3 Å². The van der Waals surface area contributed by atoms with Crippen molar-refractivity contribution < 1.29 is 19.1 Å². The molecule has 2 fully saturated rings. The van der Waals surface area contributed by atoms with Crippen molar-refractivity contribution in [3.8, 4) is 11.5 Å². The summed E-state index contributed by atoms with van der Waals surface area (Å²) in [7, 11) is 0. The highest BCUT2D eigenvalue weighted by Crippen LogP contribution is 2.42. The average Bonchev–Trinajstić information content (AvgIpc) is 3.20. The summed E-state index contributed by atoms with van der Waals surface area (Å²) < 4.78 is 11.1. The third-order valence-electron chi connectivity index (χ3n) is 5.16. The number of aliphatic carboxylic acids is 1. The highest BCUT2D eigenvalue weighted by atomic mass is 16.5. The minimum absolute atomic E-state index is 0.0456. The van der Waals surface area contributed by atoms with Crippen molar-refractivity contribution in [1.29, 1.82) is 0 Å². The molecule has 0 spiro atoms. The molecular weight excluding hydrogens is 308 g/mol. The van der Waals surface area contributed by atoms with Crippen LogP contribution in [0.2, 0.25) is 0 Å². The van der Waals surface area contributed by atoms with Crippen LogP contribution in [0.15, 0.2) is 41.0 Å². The van der Waals surface area contributed by atoms with E-state index in [0.717, 1.165) is 17.8 Å². The zero-order valence-corrected chi connectivity index (χ0v) is 13.4. The number of hydrogen-bond donors (Lipinski definition) is 1. The van der Waals surface area contributed by atoms with E-state index in [4.69, 9.17) is 9.15 Å². The Morgan fingerprint density at radius 2 is 2.21 bits per heavy atom. The molecule has 2 aromatic rings. The Morgan fingerprint density at radius 1 is 1.38 bits per heavy atom. The summed E-state index contributed by atoms with van der Waals surface area (Å²) in [6, 6.07) is 9.75. The zero-order valence-electron chi connectivity index (χ0n) is 13.4. The molecule has 1 N–H and O–H groups in total. The zero-order chi connectivity index (χ0) is 16.6. The second kappa shape index (κ2) is 6.03.